The zero-order chi connectivity index (χ0) is 22.4. The number of benzene rings is 2. The van der Waals surface area contributed by atoms with Crippen LogP contribution in [0.3, 0.4) is 0 Å². The van der Waals surface area contributed by atoms with E-state index >= 15 is 0 Å². The van der Waals surface area contributed by atoms with Crippen LogP contribution in [0.15, 0.2) is 48.5 Å². The number of carbonyl (C=O) groups excluding carboxylic acids is 1. The molecule has 1 N–H and O–H groups in total. The zero-order valence-electron chi connectivity index (χ0n) is 19.0. The molecule has 2 amide bonds. The molecule has 6 heteroatoms. The van der Waals surface area contributed by atoms with Crippen LogP contribution < -0.4 is 5.32 Å². The van der Waals surface area contributed by atoms with Gasteiger partial charge in [0.15, 0.2) is 0 Å². The number of hydrogen-bond acceptors (Lipinski definition) is 3. The maximum absolute atomic E-state index is 13.2. The summed E-state index contributed by atoms with van der Waals surface area (Å²) in [6.45, 7) is 11.8. The minimum atomic E-state index is -0.274. The third kappa shape index (κ3) is 6.28. The molecule has 3 atom stereocenters. The molecule has 3 rings (SSSR count). The van der Waals surface area contributed by atoms with Crippen molar-refractivity contribution in [3.63, 3.8) is 0 Å². The van der Waals surface area contributed by atoms with E-state index in [1.165, 1.54) is 17.7 Å². The fraction of sp³-hybridized carbons (Fsp3) is 0.480. The molecule has 2 aromatic carbocycles. The fourth-order valence-electron chi connectivity index (χ4n) is 4.33. The molecule has 5 nitrogen and oxygen atoms in total. The normalized spacial score (nSPS) is 20.3. The van der Waals surface area contributed by atoms with E-state index in [2.05, 4.69) is 36.2 Å². The number of ether oxygens (including phenoxy) is 1. The Morgan fingerprint density at radius 1 is 1.13 bits per heavy atom. The minimum Gasteiger partial charge on any atom is -0.373 e. The number of urea groups is 1. The smallest absolute Gasteiger partial charge is 0.318 e. The van der Waals surface area contributed by atoms with E-state index in [1.807, 2.05) is 26.0 Å². The molecule has 1 heterocycles. The van der Waals surface area contributed by atoms with Crippen molar-refractivity contribution in [1.82, 2.24) is 15.1 Å². The number of nitrogens with zero attached hydrogens (tertiary/aromatic N) is 2. The highest BCUT2D eigenvalue weighted by Gasteiger charge is 2.23. The van der Waals surface area contributed by atoms with Crippen LogP contribution in [-0.4, -0.2) is 47.7 Å². The zero-order valence-corrected chi connectivity index (χ0v) is 19.0. The molecule has 0 spiro atoms. The molecule has 0 aromatic heterocycles. The monoisotopic (exact) mass is 427 g/mol. The topological polar surface area (TPSA) is 44.8 Å². The predicted molar refractivity (Wildman–Crippen MR) is 121 cm³/mol. The predicted octanol–water partition coefficient (Wildman–Crippen LogP) is 4.73. The molecule has 0 aliphatic carbocycles. The first-order valence-corrected chi connectivity index (χ1v) is 11.1. The van der Waals surface area contributed by atoms with Gasteiger partial charge in [0.25, 0.3) is 0 Å². The average molecular weight is 428 g/mol. The molecule has 1 aliphatic heterocycles. The van der Waals surface area contributed by atoms with Crippen LogP contribution in [0, 0.1) is 5.82 Å². The lowest BCUT2D eigenvalue weighted by atomic mass is 10.1. The highest BCUT2D eigenvalue weighted by molar-refractivity contribution is 5.74. The SMILES string of the molecule is CCN(C(=O)NCc1ccccc1CN1C[C@@H](C)O[C@@H](C)C1)[C@H](C)c1ccc(F)cc1. The first kappa shape index (κ1) is 23.2. The molecule has 0 unspecified atom stereocenters. The highest BCUT2D eigenvalue weighted by atomic mass is 19.1. The summed E-state index contributed by atoms with van der Waals surface area (Å²) in [6.07, 6.45) is 0.448. The van der Waals surface area contributed by atoms with Gasteiger partial charge in [0.2, 0.25) is 0 Å². The molecule has 0 bridgehead atoms. The third-order valence-electron chi connectivity index (χ3n) is 5.86. The highest BCUT2D eigenvalue weighted by Crippen LogP contribution is 2.21. The van der Waals surface area contributed by atoms with Crippen molar-refractivity contribution in [3.8, 4) is 0 Å². The van der Waals surface area contributed by atoms with Gasteiger partial charge in [-0.25, -0.2) is 9.18 Å². The summed E-state index contributed by atoms with van der Waals surface area (Å²) in [5.41, 5.74) is 3.25. The number of carbonyl (C=O) groups is 1. The van der Waals surface area contributed by atoms with Crippen LogP contribution in [0.5, 0.6) is 0 Å². The molecule has 1 saturated heterocycles. The Morgan fingerprint density at radius 3 is 2.35 bits per heavy atom. The number of amides is 2. The number of rotatable bonds is 7. The summed E-state index contributed by atoms with van der Waals surface area (Å²) in [4.78, 5) is 17.1. The van der Waals surface area contributed by atoms with Gasteiger partial charge in [-0.2, -0.15) is 0 Å². The Balaban J connectivity index is 1.63. The largest absolute Gasteiger partial charge is 0.373 e. The Bertz CT molecular complexity index is 848. The van der Waals surface area contributed by atoms with Gasteiger partial charge in [-0.05, 0) is 56.5 Å². The van der Waals surface area contributed by atoms with Gasteiger partial charge in [-0.3, -0.25) is 4.90 Å². The van der Waals surface area contributed by atoms with Crippen molar-refractivity contribution in [2.75, 3.05) is 19.6 Å². The van der Waals surface area contributed by atoms with Crippen molar-refractivity contribution in [2.24, 2.45) is 0 Å². The number of morpholine rings is 1. The standard InChI is InChI=1S/C25H34FN3O2/c1-5-29(20(4)21-10-12-24(26)13-11-21)25(30)27-14-22-8-6-7-9-23(22)17-28-15-18(2)31-19(3)16-28/h6-13,18-20H,5,14-17H2,1-4H3,(H,27,30)/t18-,19+,20-/m1/s1. The molecule has 1 fully saturated rings. The lowest BCUT2D eigenvalue weighted by molar-refractivity contribution is -0.0705. The second-order valence-electron chi connectivity index (χ2n) is 8.39. The van der Waals surface area contributed by atoms with Crippen molar-refractivity contribution in [3.05, 3.63) is 71.0 Å². The molecule has 31 heavy (non-hydrogen) atoms. The summed E-state index contributed by atoms with van der Waals surface area (Å²) in [7, 11) is 0. The van der Waals surface area contributed by atoms with Crippen molar-refractivity contribution >= 4 is 6.03 Å². The van der Waals surface area contributed by atoms with Crippen molar-refractivity contribution in [2.45, 2.75) is 59.0 Å². The Hall–Kier alpha value is -2.44. The molecule has 168 valence electrons. The Labute approximate surface area is 185 Å². The fourth-order valence-corrected chi connectivity index (χ4v) is 4.33. The van der Waals surface area contributed by atoms with Gasteiger partial charge in [0, 0.05) is 32.7 Å². The van der Waals surface area contributed by atoms with Crippen LogP contribution in [0.25, 0.3) is 0 Å². The van der Waals surface area contributed by atoms with Crippen LogP contribution in [0.2, 0.25) is 0 Å². The Morgan fingerprint density at radius 2 is 1.74 bits per heavy atom. The lowest BCUT2D eigenvalue weighted by Gasteiger charge is -2.35. The van der Waals surface area contributed by atoms with Crippen LogP contribution in [0.4, 0.5) is 9.18 Å². The maximum atomic E-state index is 13.2. The Kier molecular flexibility index (Phi) is 8.04. The van der Waals surface area contributed by atoms with E-state index in [0.717, 1.165) is 30.8 Å². The third-order valence-corrected chi connectivity index (χ3v) is 5.86. The van der Waals surface area contributed by atoms with Gasteiger partial charge < -0.3 is 15.0 Å². The van der Waals surface area contributed by atoms with E-state index in [1.54, 1.807) is 17.0 Å². The number of halogens is 1. The molecule has 1 aliphatic rings. The summed E-state index contributed by atoms with van der Waals surface area (Å²) < 4.78 is 19.1. The quantitative estimate of drug-likeness (QED) is 0.695. The van der Waals surface area contributed by atoms with E-state index in [4.69, 9.17) is 4.74 Å². The lowest BCUT2D eigenvalue weighted by Crippen LogP contribution is -2.45. The van der Waals surface area contributed by atoms with E-state index < -0.39 is 0 Å². The van der Waals surface area contributed by atoms with Gasteiger partial charge in [0.05, 0.1) is 18.2 Å². The molecular formula is C25H34FN3O2. The summed E-state index contributed by atoms with van der Waals surface area (Å²) in [5, 5.41) is 3.08. The van der Waals surface area contributed by atoms with Crippen LogP contribution in [-0.2, 0) is 17.8 Å². The second kappa shape index (κ2) is 10.7. The van der Waals surface area contributed by atoms with Gasteiger partial charge in [0.1, 0.15) is 5.82 Å². The average Bonchev–Trinajstić information content (AvgIpc) is 2.73. The van der Waals surface area contributed by atoms with Crippen molar-refractivity contribution in [1.29, 1.82) is 0 Å². The number of hydrogen-bond donors (Lipinski definition) is 1. The summed E-state index contributed by atoms with van der Waals surface area (Å²) in [5.74, 6) is -0.274. The second-order valence-corrected chi connectivity index (χ2v) is 8.39. The first-order valence-electron chi connectivity index (χ1n) is 11.1. The summed E-state index contributed by atoms with van der Waals surface area (Å²) >= 11 is 0. The van der Waals surface area contributed by atoms with Gasteiger partial charge in [-0.1, -0.05) is 36.4 Å². The molecular weight excluding hydrogens is 393 g/mol. The maximum Gasteiger partial charge on any atom is 0.318 e. The minimum absolute atomic E-state index is 0.122. The van der Waals surface area contributed by atoms with Gasteiger partial charge in [-0.15, -0.1) is 0 Å². The molecule has 0 radical (unpaired) electrons. The van der Waals surface area contributed by atoms with E-state index in [-0.39, 0.29) is 30.1 Å². The van der Waals surface area contributed by atoms with E-state index in [9.17, 15) is 9.18 Å². The number of nitrogens with one attached hydrogen (secondary N) is 1. The van der Waals surface area contributed by atoms with Gasteiger partial charge >= 0.3 is 6.03 Å². The van der Waals surface area contributed by atoms with E-state index in [0.29, 0.717) is 13.1 Å². The van der Waals surface area contributed by atoms with Crippen molar-refractivity contribution < 1.29 is 13.9 Å². The molecule has 2 aromatic rings. The molecule has 0 saturated carbocycles. The van der Waals surface area contributed by atoms with Crippen LogP contribution >= 0.6 is 0 Å². The summed E-state index contributed by atoms with van der Waals surface area (Å²) in [6, 6.07) is 14.3. The van der Waals surface area contributed by atoms with Crippen LogP contribution in [0.1, 0.15) is 50.4 Å². The first-order chi connectivity index (χ1) is 14.9.